The predicted octanol–water partition coefficient (Wildman–Crippen LogP) is 3.94. The van der Waals surface area contributed by atoms with Crippen molar-refractivity contribution in [2.24, 2.45) is 0 Å². The van der Waals surface area contributed by atoms with E-state index in [2.05, 4.69) is 48.2 Å². The Morgan fingerprint density at radius 2 is 2.04 bits per heavy atom. The van der Waals surface area contributed by atoms with E-state index in [0.717, 1.165) is 35.1 Å². The summed E-state index contributed by atoms with van der Waals surface area (Å²) in [4.78, 5) is 22.6. The number of halogens is 1. The average Bonchev–Trinajstić information content (AvgIpc) is 3.36. The van der Waals surface area contributed by atoms with Crippen LogP contribution in [0.2, 0.25) is 0 Å². The average molecular weight is 441 g/mol. The van der Waals surface area contributed by atoms with Crippen LogP contribution < -0.4 is 5.32 Å². The highest BCUT2D eigenvalue weighted by molar-refractivity contribution is 9.10. The topological polar surface area (TPSA) is 61.0 Å². The van der Waals surface area contributed by atoms with Gasteiger partial charge in [0.15, 0.2) is 0 Å². The first-order valence-electron chi connectivity index (χ1n) is 9.90. The molecular formula is C22H25BrN4O. The van der Waals surface area contributed by atoms with Crippen LogP contribution in [0, 0.1) is 0 Å². The van der Waals surface area contributed by atoms with Gasteiger partial charge in [0.25, 0.3) is 5.91 Å². The Morgan fingerprint density at radius 1 is 1.18 bits per heavy atom. The van der Waals surface area contributed by atoms with Crippen LogP contribution in [0.3, 0.4) is 0 Å². The maximum Gasteiger partial charge on any atom is 0.252 e. The zero-order valence-electron chi connectivity index (χ0n) is 15.9. The molecule has 1 aliphatic rings. The minimum atomic E-state index is -0.0684. The Kier molecular flexibility index (Phi) is 6.07. The van der Waals surface area contributed by atoms with Crippen LogP contribution in [-0.2, 0) is 12.8 Å². The molecular weight excluding hydrogens is 416 g/mol. The molecule has 1 saturated heterocycles. The second-order valence-electron chi connectivity index (χ2n) is 7.35. The van der Waals surface area contributed by atoms with Gasteiger partial charge in [-0.05, 0) is 62.2 Å². The first-order chi connectivity index (χ1) is 13.7. The zero-order chi connectivity index (χ0) is 19.3. The summed E-state index contributed by atoms with van der Waals surface area (Å²) in [5.41, 5.74) is 3.98. The maximum atomic E-state index is 12.4. The van der Waals surface area contributed by atoms with Crippen LogP contribution in [0.25, 0.3) is 10.9 Å². The Balaban J connectivity index is 1.27. The summed E-state index contributed by atoms with van der Waals surface area (Å²) >= 11 is 3.49. The number of pyridine rings is 1. The number of carbonyl (C=O) groups excluding carboxylic acids is 1. The lowest BCUT2D eigenvalue weighted by molar-refractivity contribution is 0.0954. The first kappa shape index (κ1) is 19.2. The number of rotatable bonds is 7. The Labute approximate surface area is 173 Å². The molecule has 1 aliphatic heterocycles. The van der Waals surface area contributed by atoms with Gasteiger partial charge in [-0.25, -0.2) is 0 Å². The lowest BCUT2D eigenvalue weighted by atomic mass is 10.1. The van der Waals surface area contributed by atoms with E-state index >= 15 is 0 Å². The molecule has 0 spiro atoms. The molecule has 2 aromatic heterocycles. The van der Waals surface area contributed by atoms with Gasteiger partial charge in [0.05, 0.1) is 5.56 Å². The van der Waals surface area contributed by atoms with E-state index in [9.17, 15) is 4.79 Å². The van der Waals surface area contributed by atoms with Gasteiger partial charge in [-0.1, -0.05) is 22.0 Å². The van der Waals surface area contributed by atoms with Crippen molar-refractivity contribution in [1.29, 1.82) is 0 Å². The molecule has 1 aromatic carbocycles. The molecule has 4 rings (SSSR count). The fourth-order valence-corrected chi connectivity index (χ4v) is 4.12. The van der Waals surface area contributed by atoms with Crippen LogP contribution in [0.5, 0.6) is 0 Å². The number of aromatic nitrogens is 2. The molecule has 5 nitrogen and oxygen atoms in total. The number of hydrogen-bond donors (Lipinski definition) is 2. The van der Waals surface area contributed by atoms with Crippen molar-refractivity contribution in [1.82, 2.24) is 20.2 Å². The van der Waals surface area contributed by atoms with Gasteiger partial charge in [0.2, 0.25) is 0 Å². The number of benzene rings is 1. The molecule has 0 unspecified atom stereocenters. The normalized spacial score (nSPS) is 14.6. The maximum absolute atomic E-state index is 12.4. The first-order valence-corrected chi connectivity index (χ1v) is 10.7. The number of likely N-dealkylation sites (tertiary alicyclic amines) is 1. The van der Waals surface area contributed by atoms with E-state index in [1.165, 1.54) is 36.9 Å². The number of nitrogens with one attached hydrogen (secondary N) is 2. The fourth-order valence-electron chi connectivity index (χ4n) is 3.76. The molecule has 3 heterocycles. The van der Waals surface area contributed by atoms with Crippen LogP contribution in [0.4, 0.5) is 0 Å². The predicted molar refractivity (Wildman–Crippen MR) is 116 cm³/mol. The number of hydrogen-bond acceptors (Lipinski definition) is 3. The molecule has 1 fully saturated rings. The summed E-state index contributed by atoms with van der Waals surface area (Å²) in [6, 6.07) is 10.1. The lowest BCUT2D eigenvalue weighted by Crippen LogP contribution is -2.26. The van der Waals surface area contributed by atoms with Crippen LogP contribution >= 0.6 is 15.9 Å². The summed E-state index contributed by atoms with van der Waals surface area (Å²) in [7, 11) is 0. The van der Waals surface area contributed by atoms with E-state index in [0.29, 0.717) is 12.1 Å². The smallest absolute Gasteiger partial charge is 0.252 e. The van der Waals surface area contributed by atoms with Gasteiger partial charge in [0, 0.05) is 53.0 Å². The zero-order valence-corrected chi connectivity index (χ0v) is 17.5. The van der Waals surface area contributed by atoms with Gasteiger partial charge in [-0.2, -0.15) is 0 Å². The molecule has 6 heteroatoms. The van der Waals surface area contributed by atoms with Crippen LogP contribution in [0.1, 0.15) is 34.5 Å². The van der Waals surface area contributed by atoms with Gasteiger partial charge in [-0.3, -0.25) is 9.78 Å². The molecule has 146 valence electrons. The molecule has 3 aromatic rings. The van der Waals surface area contributed by atoms with Crippen molar-refractivity contribution < 1.29 is 4.79 Å². The van der Waals surface area contributed by atoms with Crippen LogP contribution in [-0.4, -0.2) is 47.0 Å². The van der Waals surface area contributed by atoms with E-state index < -0.39 is 0 Å². The summed E-state index contributed by atoms with van der Waals surface area (Å²) in [5, 5.41) is 4.20. The largest absolute Gasteiger partial charge is 0.361 e. The number of H-pyrrole nitrogens is 1. The second kappa shape index (κ2) is 8.88. The SMILES string of the molecule is O=C(NCCc1c[nH]c2cc(Br)ccc12)c1ccc(CCN2CCCC2)nc1. The van der Waals surface area contributed by atoms with Crippen molar-refractivity contribution in [2.45, 2.75) is 25.7 Å². The minimum absolute atomic E-state index is 0.0684. The monoisotopic (exact) mass is 440 g/mol. The lowest BCUT2D eigenvalue weighted by Gasteiger charge is -2.13. The van der Waals surface area contributed by atoms with Crippen molar-refractivity contribution in [3.8, 4) is 0 Å². The highest BCUT2D eigenvalue weighted by atomic mass is 79.9. The third kappa shape index (κ3) is 4.62. The van der Waals surface area contributed by atoms with Crippen LogP contribution in [0.15, 0.2) is 47.2 Å². The standard InChI is InChI=1S/C22H25BrN4O/c23-18-4-6-20-16(14-26-21(20)13-18)7-9-24-22(28)17-3-5-19(25-15-17)8-12-27-10-1-2-11-27/h3-6,13-15,26H,1-2,7-12H2,(H,24,28). The van der Waals surface area contributed by atoms with Gasteiger partial charge in [-0.15, -0.1) is 0 Å². The molecule has 0 bridgehead atoms. The summed E-state index contributed by atoms with van der Waals surface area (Å²) in [6.07, 6.45) is 8.05. The Hall–Kier alpha value is -2.18. The van der Waals surface area contributed by atoms with Crippen molar-refractivity contribution in [3.63, 3.8) is 0 Å². The van der Waals surface area contributed by atoms with Gasteiger partial charge < -0.3 is 15.2 Å². The molecule has 0 radical (unpaired) electrons. The molecule has 1 amide bonds. The fraction of sp³-hybridized carbons (Fsp3) is 0.364. The number of aromatic amines is 1. The highest BCUT2D eigenvalue weighted by Gasteiger charge is 2.12. The Morgan fingerprint density at radius 3 is 2.82 bits per heavy atom. The number of amides is 1. The Bertz CT molecular complexity index is 945. The summed E-state index contributed by atoms with van der Waals surface area (Å²) in [5.74, 6) is -0.0684. The molecule has 0 atom stereocenters. The van der Waals surface area contributed by atoms with E-state index in [1.807, 2.05) is 24.4 Å². The van der Waals surface area contributed by atoms with Crippen molar-refractivity contribution in [2.75, 3.05) is 26.2 Å². The summed E-state index contributed by atoms with van der Waals surface area (Å²) in [6.45, 7) is 4.06. The van der Waals surface area contributed by atoms with E-state index in [4.69, 9.17) is 0 Å². The van der Waals surface area contributed by atoms with E-state index in [-0.39, 0.29) is 5.91 Å². The van der Waals surface area contributed by atoms with Crippen molar-refractivity contribution in [3.05, 3.63) is 64.0 Å². The quantitative estimate of drug-likeness (QED) is 0.584. The number of fused-ring (bicyclic) bond motifs is 1. The number of carbonyl (C=O) groups is 1. The third-order valence-corrected chi connectivity index (χ3v) is 5.87. The van der Waals surface area contributed by atoms with Gasteiger partial charge in [0.1, 0.15) is 0 Å². The molecule has 0 saturated carbocycles. The molecule has 0 aliphatic carbocycles. The molecule has 28 heavy (non-hydrogen) atoms. The van der Waals surface area contributed by atoms with Gasteiger partial charge >= 0.3 is 0 Å². The van der Waals surface area contributed by atoms with Crippen molar-refractivity contribution >= 4 is 32.7 Å². The minimum Gasteiger partial charge on any atom is -0.361 e. The second-order valence-corrected chi connectivity index (χ2v) is 8.26. The molecule has 2 N–H and O–H groups in total. The summed E-state index contributed by atoms with van der Waals surface area (Å²) < 4.78 is 1.05. The van der Waals surface area contributed by atoms with E-state index in [1.54, 1.807) is 6.20 Å². The third-order valence-electron chi connectivity index (χ3n) is 5.38. The number of nitrogens with zero attached hydrogens (tertiary/aromatic N) is 2. The highest BCUT2D eigenvalue weighted by Crippen LogP contribution is 2.22.